The Labute approximate surface area is 146 Å². The van der Waals surface area contributed by atoms with E-state index >= 15 is 0 Å². The summed E-state index contributed by atoms with van der Waals surface area (Å²) in [5.74, 6) is 0.968. The molecular weight excluding hydrogens is 278 g/mol. The van der Waals surface area contributed by atoms with Crippen molar-refractivity contribution in [3.05, 3.63) is 0 Å². The van der Waals surface area contributed by atoms with Crippen molar-refractivity contribution in [3.63, 3.8) is 0 Å². The second-order valence-electron chi connectivity index (χ2n) is 8.34. The average molecular weight is 322 g/mol. The van der Waals surface area contributed by atoms with E-state index in [1.807, 2.05) is 0 Å². The summed E-state index contributed by atoms with van der Waals surface area (Å²) in [6.07, 6.45) is 28.1. The van der Waals surface area contributed by atoms with Crippen molar-refractivity contribution in [1.82, 2.24) is 5.32 Å². The van der Waals surface area contributed by atoms with Crippen LogP contribution in [-0.4, -0.2) is 12.6 Å². The van der Waals surface area contributed by atoms with Gasteiger partial charge in [0.15, 0.2) is 0 Å². The molecule has 1 atom stereocenters. The zero-order chi connectivity index (χ0) is 16.0. The van der Waals surface area contributed by atoms with Crippen molar-refractivity contribution >= 4 is 0 Å². The first-order chi connectivity index (χ1) is 11.5. The first-order valence-corrected chi connectivity index (χ1v) is 11.2. The standard InChI is InChI=1S/C22H43N/c1-2-5-9-13-17-21(18-14-10-6-3-1)22-19-15-11-7-4-8-12-16-20-23-22/h21-23H,1-20H2. The lowest BCUT2D eigenvalue weighted by molar-refractivity contribution is 0.277. The zero-order valence-corrected chi connectivity index (χ0v) is 15.8. The van der Waals surface area contributed by atoms with Gasteiger partial charge in [0, 0.05) is 6.04 Å². The minimum absolute atomic E-state index is 0.830. The van der Waals surface area contributed by atoms with Crippen molar-refractivity contribution < 1.29 is 0 Å². The number of hydrogen-bond donors (Lipinski definition) is 1. The number of rotatable bonds is 1. The summed E-state index contributed by atoms with van der Waals surface area (Å²) in [6.45, 7) is 1.28. The van der Waals surface area contributed by atoms with Gasteiger partial charge in [0.05, 0.1) is 0 Å². The third-order valence-corrected chi connectivity index (χ3v) is 6.32. The Hall–Kier alpha value is -0.0400. The van der Waals surface area contributed by atoms with Crippen LogP contribution in [0.25, 0.3) is 0 Å². The molecule has 1 N–H and O–H groups in total. The molecule has 2 fully saturated rings. The highest BCUT2D eigenvalue weighted by Gasteiger charge is 2.20. The van der Waals surface area contributed by atoms with Crippen LogP contribution < -0.4 is 5.32 Å². The fraction of sp³-hybridized carbons (Fsp3) is 1.00. The highest BCUT2D eigenvalue weighted by molar-refractivity contribution is 4.78. The second kappa shape index (κ2) is 13.3. The summed E-state index contributed by atoms with van der Waals surface area (Å²) < 4.78 is 0. The van der Waals surface area contributed by atoms with Crippen molar-refractivity contribution in [3.8, 4) is 0 Å². The van der Waals surface area contributed by atoms with E-state index in [-0.39, 0.29) is 0 Å². The van der Waals surface area contributed by atoms with Gasteiger partial charge >= 0.3 is 0 Å². The highest BCUT2D eigenvalue weighted by atomic mass is 14.9. The molecule has 0 spiro atoms. The molecule has 0 aromatic rings. The molecule has 1 aliphatic heterocycles. The molecule has 1 aliphatic carbocycles. The molecule has 0 aromatic carbocycles. The average Bonchev–Trinajstić information content (AvgIpc) is 2.61. The molecule has 2 rings (SSSR count). The molecule has 1 nitrogen and oxygen atoms in total. The maximum Gasteiger partial charge on any atom is 0.00953 e. The topological polar surface area (TPSA) is 12.0 Å². The quantitative estimate of drug-likeness (QED) is 0.548. The SMILES string of the molecule is C1CCCCCC(C2CCCCCCCCCN2)CCCCC1. The van der Waals surface area contributed by atoms with E-state index in [0.29, 0.717) is 0 Å². The van der Waals surface area contributed by atoms with Crippen molar-refractivity contribution in [2.75, 3.05) is 6.54 Å². The van der Waals surface area contributed by atoms with Crippen LogP contribution in [0, 0.1) is 5.92 Å². The van der Waals surface area contributed by atoms with Crippen LogP contribution in [0.15, 0.2) is 0 Å². The van der Waals surface area contributed by atoms with Crippen LogP contribution in [0.3, 0.4) is 0 Å². The minimum Gasteiger partial charge on any atom is -0.314 e. The Morgan fingerprint density at radius 1 is 0.391 bits per heavy atom. The van der Waals surface area contributed by atoms with Gasteiger partial charge in [0.1, 0.15) is 0 Å². The third-order valence-electron chi connectivity index (χ3n) is 6.32. The van der Waals surface area contributed by atoms with Crippen molar-refractivity contribution in [2.45, 2.75) is 128 Å². The Morgan fingerprint density at radius 2 is 0.783 bits per heavy atom. The van der Waals surface area contributed by atoms with Gasteiger partial charge in [0.25, 0.3) is 0 Å². The van der Waals surface area contributed by atoms with Crippen LogP contribution >= 0.6 is 0 Å². The molecule has 1 unspecified atom stereocenters. The number of hydrogen-bond acceptors (Lipinski definition) is 1. The van der Waals surface area contributed by atoms with Gasteiger partial charge in [-0.15, -0.1) is 0 Å². The van der Waals surface area contributed by atoms with Crippen LogP contribution in [0.5, 0.6) is 0 Å². The molecule has 0 amide bonds. The monoisotopic (exact) mass is 321 g/mol. The summed E-state index contributed by atoms with van der Waals surface area (Å²) in [5, 5.41) is 4.00. The van der Waals surface area contributed by atoms with Crippen LogP contribution in [0.4, 0.5) is 0 Å². The van der Waals surface area contributed by atoms with Gasteiger partial charge in [-0.3, -0.25) is 0 Å². The normalized spacial score (nSPS) is 29.0. The summed E-state index contributed by atoms with van der Waals surface area (Å²) in [7, 11) is 0. The molecule has 0 radical (unpaired) electrons. The molecule has 1 saturated heterocycles. The summed E-state index contributed by atoms with van der Waals surface area (Å²) in [5.41, 5.74) is 0. The fourth-order valence-corrected chi connectivity index (χ4v) is 4.76. The van der Waals surface area contributed by atoms with Gasteiger partial charge in [-0.05, 0) is 38.1 Å². The van der Waals surface area contributed by atoms with Crippen LogP contribution in [-0.2, 0) is 0 Å². The predicted octanol–water partition coefficient (Wildman–Crippen LogP) is 7.00. The molecule has 136 valence electrons. The molecule has 0 bridgehead atoms. The van der Waals surface area contributed by atoms with Gasteiger partial charge in [-0.25, -0.2) is 0 Å². The van der Waals surface area contributed by atoms with Crippen molar-refractivity contribution in [1.29, 1.82) is 0 Å². The lowest BCUT2D eigenvalue weighted by Crippen LogP contribution is -2.37. The highest BCUT2D eigenvalue weighted by Crippen LogP contribution is 2.26. The number of nitrogens with one attached hydrogen (secondary N) is 1. The van der Waals surface area contributed by atoms with Gasteiger partial charge in [-0.2, -0.15) is 0 Å². The molecule has 2 aliphatic rings. The molecule has 1 heterocycles. The van der Waals surface area contributed by atoms with Gasteiger partial charge < -0.3 is 5.32 Å². The summed E-state index contributed by atoms with van der Waals surface area (Å²) in [4.78, 5) is 0. The van der Waals surface area contributed by atoms with Gasteiger partial charge in [-0.1, -0.05) is 96.3 Å². The zero-order valence-electron chi connectivity index (χ0n) is 15.8. The predicted molar refractivity (Wildman–Crippen MR) is 103 cm³/mol. The molecule has 23 heavy (non-hydrogen) atoms. The van der Waals surface area contributed by atoms with E-state index in [0.717, 1.165) is 12.0 Å². The Morgan fingerprint density at radius 3 is 1.30 bits per heavy atom. The van der Waals surface area contributed by atoms with E-state index in [4.69, 9.17) is 0 Å². The Balaban J connectivity index is 1.82. The minimum atomic E-state index is 0.830. The van der Waals surface area contributed by atoms with Crippen LogP contribution in [0.2, 0.25) is 0 Å². The summed E-state index contributed by atoms with van der Waals surface area (Å²) >= 11 is 0. The lowest BCUT2D eigenvalue weighted by atomic mass is 9.85. The molecular formula is C22H43N. The fourth-order valence-electron chi connectivity index (χ4n) is 4.76. The first kappa shape index (κ1) is 19.3. The Bertz CT molecular complexity index is 239. The van der Waals surface area contributed by atoms with E-state index in [2.05, 4.69) is 5.32 Å². The summed E-state index contributed by atoms with van der Waals surface area (Å²) in [6, 6.07) is 0.830. The largest absolute Gasteiger partial charge is 0.314 e. The van der Waals surface area contributed by atoms with E-state index in [1.54, 1.807) is 0 Å². The second-order valence-corrected chi connectivity index (χ2v) is 8.34. The smallest absolute Gasteiger partial charge is 0.00953 e. The van der Waals surface area contributed by atoms with E-state index in [1.165, 1.54) is 129 Å². The molecule has 1 heteroatoms. The lowest BCUT2D eigenvalue weighted by Gasteiger charge is -2.29. The van der Waals surface area contributed by atoms with E-state index < -0.39 is 0 Å². The van der Waals surface area contributed by atoms with Gasteiger partial charge in [0.2, 0.25) is 0 Å². The maximum absolute atomic E-state index is 4.00. The third kappa shape index (κ3) is 9.13. The van der Waals surface area contributed by atoms with Crippen LogP contribution in [0.1, 0.15) is 122 Å². The Kier molecular flexibility index (Phi) is 11.1. The van der Waals surface area contributed by atoms with Crippen molar-refractivity contribution in [2.24, 2.45) is 5.92 Å². The molecule has 1 saturated carbocycles. The first-order valence-electron chi connectivity index (χ1n) is 11.2. The molecule has 0 aromatic heterocycles. The maximum atomic E-state index is 4.00. The van der Waals surface area contributed by atoms with E-state index in [9.17, 15) is 0 Å².